The quantitative estimate of drug-likeness (QED) is 0.365. The third kappa shape index (κ3) is 8.29. The Balaban J connectivity index is 2.06. The van der Waals surface area contributed by atoms with E-state index in [0.717, 1.165) is 32.1 Å². The lowest BCUT2D eigenvalue weighted by Crippen LogP contribution is -2.52. The van der Waals surface area contributed by atoms with Crippen LogP contribution in [0.15, 0.2) is 24.5 Å². The molecule has 30 heavy (non-hydrogen) atoms. The summed E-state index contributed by atoms with van der Waals surface area (Å²) in [5, 5.41) is 24.0. The van der Waals surface area contributed by atoms with E-state index in [1.807, 2.05) is 6.92 Å². The van der Waals surface area contributed by atoms with E-state index in [-0.39, 0.29) is 0 Å². The SMILES string of the molecule is CCCCNS(=O)(=O)C[C@H](O)[C@H](O)[C@H](CC1CCCCC1)NC(=O)c1cccnc1. The van der Waals surface area contributed by atoms with Gasteiger partial charge in [0.25, 0.3) is 5.91 Å². The van der Waals surface area contributed by atoms with E-state index in [4.69, 9.17) is 0 Å². The van der Waals surface area contributed by atoms with E-state index < -0.39 is 39.9 Å². The second kappa shape index (κ2) is 12.3. The number of aliphatic hydroxyl groups is 2. The van der Waals surface area contributed by atoms with Crippen LogP contribution in [0.2, 0.25) is 0 Å². The van der Waals surface area contributed by atoms with Gasteiger partial charge in [-0.05, 0) is 30.9 Å². The average Bonchev–Trinajstić information content (AvgIpc) is 2.73. The molecule has 0 saturated heterocycles. The van der Waals surface area contributed by atoms with Crippen molar-refractivity contribution in [2.75, 3.05) is 12.3 Å². The summed E-state index contributed by atoms with van der Waals surface area (Å²) in [6, 6.07) is 2.51. The summed E-state index contributed by atoms with van der Waals surface area (Å²) < 4.78 is 26.8. The van der Waals surface area contributed by atoms with Crippen molar-refractivity contribution in [2.24, 2.45) is 5.92 Å². The van der Waals surface area contributed by atoms with E-state index in [0.29, 0.717) is 30.9 Å². The molecule has 1 amide bonds. The summed E-state index contributed by atoms with van der Waals surface area (Å²) in [5.74, 6) is -0.694. The predicted molar refractivity (Wildman–Crippen MR) is 115 cm³/mol. The number of aliphatic hydroxyl groups excluding tert-OH is 2. The number of nitrogens with zero attached hydrogens (tertiary/aromatic N) is 1. The first-order valence-corrected chi connectivity index (χ1v) is 12.5. The fraction of sp³-hybridized carbons (Fsp3) is 0.714. The molecule has 1 aromatic rings. The van der Waals surface area contributed by atoms with Gasteiger partial charge in [-0.15, -0.1) is 0 Å². The Morgan fingerprint density at radius 3 is 2.63 bits per heavy atom. The van der Waals surface area contributed by atoms with Crippen LogP contribution in [0.1, 0.15) is 68.6 Å². The lowest BCUT2D eigenvalue weighted by molar-refractivity contribution is 0.00200. The Labute approximate surface area is 179 Å². The largest absolute Gasteiger partial charge is 0.389 e. The highest BCUT2D eigenvalue weighted by molar-refractivity contribution is 7.89. The van der Waals surface area contributed by atoms with Crippen molar-refractivity contribution in [3.63, 3.8) is 0 Å². The van der Waals surface area contributed by atoms with Crippen molar-refractivity contribution in [3.8, 4) is 0 Å². The number of amides is 1. The Morgan fingerprint density at radius 1 is 1.27 bits per heavy atom. The van der Waals surface area contributed by atoms with Gasteiger partial charge >= 0.3 is 0 Å². The van der Waals surface area contributed by atoms with Crippen molar-refractivity contribution < 1.29 is 23.4 Å². The molecule has 1 saturated carbocycles. The number of rotatable bonds is 12. The number of hydrogen-bond donors (Lipinski definition) is 4. The summed E-state index contributed by atoms with van der Waals surface area (Å²) >= 11 is 0. The zero-order valence-corrected chi connectivity index (χ0v) is 18.5. The lowest BCUT2D eigenvalue weighted by Gasteiger charge is -2.32. The summed E-state index contributed by atoms with van der Waals surface area (Å²) in [4.78, 5) is 16.5. The number of sulfonamides is 1. The number of unbranched alkanes of at least 4 members (excludes halogenated alkanes) is 1. The first-order chi connectivity index (χ1) is 14.3. The minimum atomic E-state index is -3.73. The maximum Gasteiger partial charge on any atom is 0.253 e. The van der Waals surface area contributed by atoms with E-state index in [9.17, 15) is 23.4 Å². The van der Waals surface area contributed by atoms with Gasteiger partial charge in [-0.3, -0.25) is 9.78 Å². The number of carbonyl (C=O) groups excluding carboxylic acids is 1. The Morgan fingerprint density at radius 2 is 2.00 bits per heavy atom. The Kier molecular flexibility index (Phi) is 10.2. The molecule has 0 aliphatic heterocycles. The Hall–Kier alpha value is -1.55. The highest BCUT2D eigenvalue weighted by Gasteiger charge is 2.33. The molecule has 170 valence electrons. The van der Waals surface area contributed by atoms with Gasteiger partial charge in [0.15, 0.2) is 0 Å². The molecule has 1 aliphatic carbocycles. The van der Waals surface area contributed by atoms with Gasteiger partial charge in [-0.1, -0.05) is 45.4 Å². The molecule has 1 aromatic heterocycles. The highest BCUT2D eigenvalue weighted by atomic mass is 32.2. The molecule has 1 heterocycles. The van der Waals surface area contributed by atoms with Gasteiger partial charge < -0.3 is 15.5 Å². The maximum atomic E-state index is 12.6. The van der Waals surface area contributed by atoms with Crippen LogP contribution < -0.4 is 10.0 Å². The zero-order chi connectivity index (χ0) is 22.0. The van der Waals surface area contributed by atoms with Gasteiger partial charge in [0.2, 0.25) is 10.0 Å². The van der Waals surface area contributed by atoms with E-state index >= 15 is 0 Å². The lowest BCUT2D eigenvalue weighted by atomic mass is 9.83. The molecule has 2 rings (SSSR count). The number of pyridine rings is 1. The van der Waals surface area contributed by atoms with Gasteiger partial charge in [-0.2, -0.15) is 0 Å². The zero-order valence-electron chi connectivity index (χ0n) is 17.7. The second-order valence-electron chi connectivity index (χ2n) is 8.15. The fourth-order valence-electron chi connectivity index (χ4n) is 3.87. The van der Waals surface area contributed by atoms with Gasteiger partial charge in [0.1, 0.15) is 6.10 Å². The molecular formula is C21H35N3O5S. The molecule has 1 aliphatic rings. The average molecular weight is 442 g/mol. The van der Waals surface area contributed by atoms with Crippen LogP contribution in [0, 0.1) is 5.92 Å². The molecule has 0 aromatic carbocycles. The standard InChI is InChI=1S/C21H35N3O5S/c1-2-3-12-23-30(28,29)15-19(25)20(26)18(13-16-8-5-4-6-9-16)24-21(27)17-10-7-11-22-14-17/h7,10-11,14,16,18-20,23,25-26H,2-6,8-9,12-13,15H2,1H3,(H,24,27)/t18-,19-,20+/m0/s1. The van der Waals surface area contributed by atoms with Crippen LogP contribution >= 0.6 is 0 Å². The van der Waals surface area contributed by atoms with Crippen molar-refractivity contribution in [1.29, 1.82) is 0 Å². The molecule has 0 radical (unpaired) electrons. The second-order valence-corrected chi connectivity index (χ2v) is 10.0. The van der Waals surface area contributed by atoms with E-state index in [1.165, 1.54) is 12.6 Å². The minimum absolute atomic E-state index is 0.297. The van der Waals surface area contributed by atoms with Crippen LogP contribution in [0.5, 0.6) is 0 Å². The maximum absolute atomic E-state index is 12.6. The molecule has 3 atom stereocenters. The van der Waals surface area contributed by atoms with Crippen LogP contribution in [0.3, 0.4) is 0 Å². The number of hydrogen-bond acceptors (Lipinski definition) is 6. The van der Waals surface area contributed by atoms with Crippen molar-refractivity contribution >= 4 is 15.9 Å². The molecule has 0 unspecified atom stereocenters. The number of nitrogens with one attached hydrogen (secondary N) is 2. The smallest absolute Gasteiger partial charge is 0.253 e. The summed E-state index contributed by atoms with van der Waals surface area (Å²) in [5.41, 5.74) is 0.349. The Bertz CT molecular complexity index is 738. The topological polar surface area (TPSA) is 129 Å². The van der Waals surface area contributed by atoms with Crippen molar-refractivity contribution in [1.82, 2.24) is 15.0 Å². The molecular weight excluding hydrogens is 406 g/mol. The van der Waals surface area contributed by atoms with Crippen molar-refractivity contribution in [3.05, 3.63) is 30.1 Å². The number of aromatic nitrogens is 1. The van der Waals surface area contributed by atoms with Gasteiger partial charge in [0.05, 0.1) is 23.5 Å². The highest BCUT2D eigenvalue weighted by Crippen LogP contribution is 2.28. The van der Waals surface area contributed by atoms with Crippen LogP contribution in [0.4, 0.5) is 0 Å². The van der Waals surface area contributed by atoms with E-state index in [1.54, 1.807) is 18.3 Å². The molecule has 0 bridgehead atoms. The first kappa shape index (κ1) is 24.7. The first-order valence-electron chi connectivity index (χ1n) is 10.9. The van der Waals surface area contributed by atoms with Crippen LogP contribution in [0.25, 0.3) is 0 Å². The summed E-state index contributed by atoms with van der Waals surface area (Å²) in [7, 11) is -3.73. The monoisotopic (exact) mass is 441 g/mol. The molecule has 8 nitrogen and oxygen atoms in total. The third-order valence-corrected chi connectivity index (χ3v) is 7.03. The predicted octanol–water partition coefficient (Wildman–Crippen LogP) is 1.59. The minimum Gasteiger partial charge on any atom is -0.389 e. The summed E-state index contributed by atoms with van der Waals surface area (Å²) in [6.45, 7) is 2.25. The number of carbonyl (C=O) groups is 1. The van der Waals surface area contributed by atoms with Crippen molar-refractivity contribution in [2.45, 2.75) is 76.5 Å². The van der Waals surface area contributed by atoms with Gasteiger partial charge in [0, 0.05) is 18.9 Å². The molecule has 9 heteroatoms. The van der Waals surface area contributed by atoms with Crippen LogP contribution in [-0.4, -0.2) is 60.1 Å². The molecule has 1 fully saturated rings. The third-order valence-electron chi connectivity index (χ3n) is 5.60. The fourth-order valence-corrected chi connectivity index (χ4v) is 5.09. The molecule has 4 N–H and O–H groups in total. The summed E-state index contributed by atoms with van der Waals surface area (Å²) in [6.07, 6.45) is 7.50. The molecule has 0 spiro atoms. The van der Waals surface area contributed by atoms with Crippen LogP contribution in [-0.2, 0) is 10.0 Å². The van der Waals surface area contributed by atoms with Gasteiger partial charge in [-0.25, -0.2) is 13.1 Å². The normalized spacial score (nSPS) is 18.5. The van der Waals surface area contributed by atoms with E-state index in [2.05, 4.69) is 15.0 Å².